The molecule has 0 fully saturated rings. The first kappa shape index (κ1) is 12.1. The summed E-state index contributed by atoms with van der Waals surface area (Å²) >= 11 is 0. The Bertz CT molecular complexity index is 101. The summed E-state index contributed by atoms with van der Waals surface area (Å²) in [6, 6.07) is 0. The van der Waals surface area contributed by atoms with Crippen LogP contribution in [0.1, 0.15) is 34.6 Å². The summed E-state index contributed by atoms with van der Waals surface area (Å²) in [5.74, 6) is 0.666. The van der Waals surface area contributed by atoms with Crippen molar-refractivity contribution in [3.8, 4) is 0 Å². The van der Waals surface area contributed by atoms with Crippen LogP contribution in [0.4, 0.5) is 0 Å². The normalized spacial score (nSPS) is 14.2. The van der Waals surface area contributed by atoms with Gasteiger partial charge in [0.1, 0.15) is 0 Å². The fourth-order valence-electron chi connectivity index (χ4n) is 0.994. The predicted octanol–water partition coefficient (Wildman–Crippen LogP) is 2.33. The van der Waals surface area contributed by atoms with Crippen LogP contribution in [0.25, 0.3) is 0 Å². The highest BCUT2D eigenvalue weighted by Gasteiger charge is 2.23. The van der Waals surface area contributed by atoms with Crippen LogP contribution in [-0.4, -0.2) is 22.5 Å². The van der Waals surface area contributed by atoms with Crippen molar-refractivity contribution in [1.29, 1.82) is 0 Å². The average molecular weight is 190 g/mol. The Balaban J connectivity index is 3.89. The molecule has 3 heteroatoms. The highest BCUT2D eigenvalue weighted by Crippen LogP contribution is 2.21. The van der Waals surface area contributed by atoms with Gasteiger partial charge in [0.2, 0.25) is 0 Å². The predicted molar refractivity (Wildman–Crippen MR) is 54.7 cm³/mol. The lowest BCUT2D eigenvalue weighted by atomic mass is 10.1. The standard InChI is InChI=1S/C9H22O2Si/c1-6-10-12(11-7-2)9(5)8(3)4/h8-9,12H,6-7H2,1-5H3. The highest BCUT2D eigenvalue weighted by atomic mass is 28.3. The lowest BCUT2D eigenvalue weighted by Crippen LogP contribution is -2.30. The van der Waals surface area contributed by atoms with Crippen LogP contribution in [0.15, 0.2) is 0 Å². The van der Waals surface area contributed by atoms with E-state index in [0.29, 0.717) is 11.5 Å². The van der Waals surface area contributed by atoms with E-state index in [0.717, 1.165) is 13.2 Å². The van der Waals surface area contributed by atoms with Crippen LogP contribution in [0.3, 0.4) is 0 Å². The van der Waals surface area contributed by atoms with Crippen molar-refractivity contribution in [3.63, 3.8) is 0 Å². The molecule has 0 radical (unpaired) electrons. The van der Waals surface area contributed by atoms with E-state index in [-0.39, 0.29) is 0 Å². The van der Waals surface area contributed by atoms with Gasteiger partial charge in [-0.25, -0.2) is 0 Å². The molecular formula is C9H22O2Si. The van der Waals surface area contributed by atoms with E-state index < -0.39 is 9.28 Å². The van der Waals surface area contributed by atoms with E-state index in [4.69, 9.17) is 8.85 Å². The first-order valence-corrected chi connectivity index (χ1v) is 6.47. The third-order valence-corrected chi connectivity index (χ3v) is 5.09. The van der Waals surface area contributed by atoms with Gasteiger partial charge in [-0.3, -0.25) is 0 Å². The molecule has 0 aromatic heterocycles. The third kappa shape index (κ3) is 4.23. The number of hydrogen-bond donors (Lipinski definition) is 0. The zero-order valence-corrected chi connectivity index (χ0v) is 10.1. The zero-order valence-electron chi connectivity index (χ0n) is 8.96. The van der Waals surface area contributed by atoms with Crippen LogP contribution in [-0.2, 0) is 8.85 Å². The molecule has 0 saturated heterocycles. The molecule has 0 heterocycles. The van der Waals surface area contributed by atoms with Gasteiger partial charge in [-0.1, -0.05) is 20.8 Å². The summed E-state index contributed by atoms with van der Waals surface area (Å²) < 4.78 is 11.2. The fourth-order valence-corrected chi connectivity index (χ4v) is 2.98. The van der Waals surface area contributed by atoms with Crippen LogP contribution >= 0.6 is 0 Å². The fraction of sp³-hybridized carbons (Fsp3) is 1.00. The summed E-state index contributed by atoms with van der Waals surface area (Å²) in [6.45, 7) is 12.3. The molecule has 0 aromatic carbocycles. The van der Waals surface area contributed by atoms with Crippen molar-refractivity contribution in [2.45, 2.75) is 40.2 Å². The first-order chi connectivity index (χ1) is 5.63. The van der Waals surface area contributed by atoms with Crippen molar-refractivity contribution in [3.05, 3.63) is 0 Å². The van der Waals surface area contributed by atoms with Crippen molar-refractivity contribution in [2.24, 2.45) is 5.92 Å². The van der Waals surface area contributed by atoms with Gasteiger partial charge in [-0.15, -0.1) is 0 Å². The smallest absolute Gasteiger partial charge is 0.324 e. The minimum absolute atomic E-state index is 0.602. The second kappa shape index (κ2) is 6.63. The first-order valence-electron chi connectivity index (χ1n) is 4.86. The third-order valence-electron chi connectivity index (χ3n) is 2.14. The Morgan fingerprint density at radius 1 is 1.00 bits per heavy atom. The molecule has 0 aliphatic heterocycles. The van der Waals surface area contributed by atoms with Gasteiger partial charge in [0.05, 0.1) is 0 Å². The van der Waals surface area contributed by atoms with E-state index in [9.17, 15) is 0 Å². The largest absolute Gasteiger partial charge is 0.397 e. The molecule has 12 heavy (non-hydrogen) atoms. The summed E-state index contributed by atoms with van der Waals surface area (Å²) in [5, 5.41) is 0. The molecule has 0 aliphatic carbocycles. The molecule has 74 valence electrons. The van der Waals surface area contributed by atoms with Crippen LogP contribution < -0.4 is 0 Å². The molecule has 1 atom stereocenters. The van der Waals surface area contributed by atoms with E-state index in [2.05, 4.69) is 20.8 Å². The molecule has 0 spiro atoms. The second-order valence-electron chi connectivity index (χ2n) is 3.38. The molecule has 2 nitrogen and oxygen atoms in total. The van der Waals surface area contributed by atoms with E-state index in [1.807, 2.05) is 13.8 Å². The highest BCUT2D eigenvalue weighted by molar-refractivity contribution is 6.46. The Morgan fingerprint density at radius 3 is 1.67 bits per heavy atom. The molecule has 0 aliphatic rings. The summed E-state index contributed by atoms with van der Waals surface area (Å²) in [6.07, 6.45) is 0. The molecule has 0 bridgehead atoms. The Morgan fingerprint density at radius 2 is 1.42 bits per heavy atom. The maximum atomic E-state index is 5.62. The Labute approximate surface area is 78.1 Å². The quantitative estimate of drug-likeness (QED) is 0.599. The minimum Gasteiger partial charge on any atom is -0.397 e. The van der Waals surface area contributed by atoms with Crippen LogP contribution in [0.5, 0.6) is 0 Å². The molecule has 0 N–H and O–H groups in total. The Hall–Kier alpha value is 0.137. The minimum atomic E-state index is -1.39. The summed E-state index contributed by atoms with van der Waals surface area (Å²) in [7, 11) is -1.39. The monoisotopic (exact) mass is 190 g/mol. The van der Waals surface area contributed by atoms with Gasteiger partial charge in [0.15, 0.2) is 0 Å². The van der Waals surface area contributed by atoms with E-state index in [1.54, 1.807) is 0 Å². The average Bonchev–Trinajstić information content (AvgIpc) is 2.03. The van der Waals surface area contributed by atoms with Gasteiger partial charge in [-0.05, 0) is 25.3 Å². The topological polar surface area (TPSA) is 18.5 Å². The van der Waals surface area contributed by atoms with Gasteiger partial charge < -0.3 is 8.85 Å². The van der Waals surface area contributed by atoms with Crippen LogP contribution in [0.2, 0.25) is 5.54 Å². The van der Waals surface area contributed by atoms with Gasteiger partial charge in [0.25, 0.3) is 0 Å². The molecule has 0 amide bonds. The zero-order chi connectivity index (χ0) is 9.56. The van der Waals surface area contributed by atoms with Gasteiger partial charge in [0, 0.05) is 13.2 Å². The SMILES string of the molecule is CCO[SiH](OCC)C(C)C(C)C. The molecule has 1 unspecified atom stereocenters. The number of hydrogen-bond acceptors (Lipinski definition) is 2. The summed E-state index contributed by atoms with van der Waals surface area (Å²) in [5.41, 5.74) is 0.602. The molecule has 0 saturated carbocycles. The lowest BCUT2D eigenvalue weighted by Gasteiger charge is -2.24. The molecule has 0 aromatic rings. The van der Waals surface area contributed by atoms with Gasteiger partial charge in [-0.2, -0.15) is 0 Å². The van der Waals surface area contributed by atoms with E-state index >= 15 is 0 Å². The van der Waals surface area contributed by atoms with Crippen molar-refractivity contribution >= 4 is 9.28 Å². The maximum Gasteiger partial charge on any atom is 0.324 e. The van der Waals surface area contributed by atoms with Crippen molar-refractivity contribution < 1.29 is 8.85 Å². The van der Waals surface area contributed by atoms with Gasteiger partial charge >= 0.3 is 9.28 Å². The summed E-state index contributed by atoms with van der Waals surface area (Å²) in [4.78, 5) is 0. The van der Waals surface area contributed by atoms with Crippen LogP contribution in [0, 0.1) is 5.92 Å². The lowest BCUT2D eigenvalue weighted by molar-refractivity contribution is 0.199. The maximum absolute atomic E-state index is 5.62. The second-order valence-corrected chi connectivity index (χ2v) is 5.84. The number of rotatable bonds is 6. The molecular weight excluding hydrogens is 168 g/mol. The van der Waals surface area contributed by atoms with Crippen molar-refractivity contribution in [1.82, 2.24) is 0 Å². The Kier molecular flexibility index (Phi) is 6.71. The molecule has 0 rings (SSSR count). The van der Waals surface area contributed by atoms with E-state index in [1.165, 1.54) is 0 Å². The van der Waals surface area contributed by atoms with Crippen molar-refractivity contribution in [2.75, 3.05) is 13.2 Å².